The minimum absolute atomic E-state index is 0.248. The summed E-state index contributed by atoms with van der Waals surface area (Å²) < 4.78 is 5.52. The van der Waals surface area contributed by atoms with E-state index in [0.717, 1.165) is 11.4 Å². The van der Waals surface area contributed by atoms with E-state index >= 15 is 0 Å². The predicted molar refractivity (Wildman–Crippen MR) is 88.0 cm³/mol. The maximum atomic E-state index is 8.77. The second-order valence-corrected chi connectivity index (χ2v) is 5.06. The van der Waals surface area contributed by atoms with Crippen LogP contribution in [0.3, 0.4) is 0 Å². The minimum atomic E-state index is 0.248. The average Bonchev–Trinajstić information content (AvgIpc) is 2.59. The largest absolute Gasteiger partial charge is 0.424 e. The maximum Gasteiger partial charge on any atom is 0.322 e. The smallest absolute Gasteiger partial charge is 0.322 e. The van der Waals surface area contributed by atoms with Crippen molar-refractivity contribution in [3.05, 3.63) is 71.5 Å². The molecular weight excluding hydrogens is 312 g/mol. The molecular formula is C17H11ClN4O. The van der Waals surface area contributed by atoms with Gasteiger partial charge in [-0.1, -0.05) is 11.6 Å². The summed E-state index contributed by atoms with van der Waals surface area (Å²) in [5, 5.41) is 12.6. The minimum Gasteiger partial charge on any atom is -0.424 e. The fourth-order valence-corrected chi connectivity index (χ4v) is 1.96. The van der Waals surface area contributed by atoms with Crippen molar-refractivity contribution in [1.82, 2.24) is 9.97 Å². The Morgan fingerprint density at radius 1 is 0.913 bits per heavy atom. The monoisotopic (exact) mass is 322 g/mol. The molecule has 0 saturated carbocycles. The standard InChI is InChI=1S/C17H11ClN4O/c18-13-3-7-16(8-4-13)23-17-20-10-15(11-21-17)22-14-5-1-12(9-19)2-6-14/h1-8,10-11,22H. The molecule has 3 rings (SSSR count). The van der Waals surface area contributed by atoms with Crippen molar-refractivity contribution in [3.8, 4) is 17.8 Å². The number of nitrogens with one attached hydrogen (secondary N) is 1. The Bertz CT molecular complexity index is 824. The number of anilines is 2. The molecule has 0 aliphatic heterocycles. The van der Waals surface area contributed by atoms with Gasteiger partial charge in [0.1, 0.15) is 5.75 Å². The second kappa shape index (κ2) is 6.77. The van der Waals surface area contributed by atoms with Gasteiger partial charge in [0.25, 0.3) is 0 Å². The summed E-state index contributed by atoms with van der Waals surface area (Å²) in [6.07, 6.45) is 3.24. The number of halogens is 1. The normalized spacial score (nSPS) is 9.91. The second-order valence-electron chi connectivity index (χ2n) is 4.62. The molecule has 0 aliphatic rings. The molecule has 0 unspecified atom stereocenters. The lowest BCUT2D eigenvalue weighted by Gasteiger charge is -2.07. The molecule has 0 fully saturated rings. The topological polar surface area (TPSA) is 70.8 Å². The van der Waals surface area contributed by atoms with Crippen LogP contribution in [0.2, 0.25) is 5.02 Å². The first-order valence-electron chi connectivity index (χ1n) is 6.75. The number of nitriles is 1. The molecule has 0 aliphatic carbocycles. The zero-order valence-electron chi connectivity index (χ0n) is 11.9. The Labute approximate surface area is 138 Å². The Morgan fingerprint density at radius 3 is 2.17 bits per heavy atom. The highest BCUT2D eigenvalue weighted by molar-refractivity contribution is 6.30. The van der Waals surface area contributed by atoms with E-state index in [1.165, 1.54) is 0 Å². The summed E-state index contributed by atoms with van der Waals surface area (Å²) in [7, 11) is 0. The number of nitrogens with zero attached hydrogens (tertiary/aromatic N) is 3. The van der Waals surface area contributed by atoms with E-state index < -0.39 is 0 Å². The van der Waals surface area contributed by atoms with Gasteiger partial charge < -0.3 is 10.1 Å². The van der Waals surface area contributed by atoms with Gasteiger partial charge in [0, 0.05) is 10.7 Å². The Balaban J connectivity index is 1.66. The van der Waals surface area contributed by atoms with Crippen LogP contribution in [0, 0.1) is 11.3 Å². The van der Waals surface area contributed by atoms with Crippen molar-refractivity contribution >= 4 is 23.0 Å². The van der Waals surface area contributed by atoms with Crippen LogP contribution in [0.15, 0.2) is 60.9 Å². The molecule has 3 aromatic rings. The number of hydrogen-bond donors (Lipinski definition) is 1. The lowest BCUT2D eigenvalue weighted by molar-refractivity contribution is 0.442. The van der Waals surface area contributed by atoms with Crippen LogP contribution in [0.25, 0.3) is 0 Å². The van der Waals surface area contributed by atoms with Crippen molar-refractivity contribution < 1.29 is 4.74 Å². The summed E-state index contributed by atoms with van der Waals surface area (Å²) in [6.45, 7) is 0. The molecule has 0 amide bonds. The van der Waals surface area contributed by atoms with E-state index in [1.54, 1.807) is 48.8 Å². The quantitative estimate of drug-likeness (QED) is 0.763. The molecule has 2 aromatic carbocycles. The fourth-order valence-electron chi connectivity index (χ4n) is 1.84. The molecule has 0 saturated heterocycles. The SMILES string of the molecule is N#Cc1ccc(Nc2cnc(Oc3ccc(Cl)cc3)nc2)cc1. The zero-order valence-corrected chi connectivity index (χ0v) is 12.7. The van der Waals surface area contributed by atoms with Crippen molar-refractivity contribution in [1.29, 1.82) is 5.26 Å². The Kier molecular flexibility index (Phi) is 4.37. The van der Waals surface area contributed by atoms with Gasteiger partial charge in [-0.25, -0.2) is 9.97 Å². The molecule has 112 valence electrons. The van der Waals surface area contributed by atoms with Gasteiger partial charge in [0.15, 0.2) is 0 Å². The summed E-state index contributed by atoms with van der Waals surface area (Å²) >= 11 is 5.82. The van der Waals surface area contributed by atoms with Gasteiger partial charge in [0.05, 0.1) is 29.7 Å². The number of aromatic nitrogens is 2. The van der Waals surface area contributed by atoms with Crippen LogP contribution < -0.4 is 10.1 Å². The maximum absolute atomic E-state index is 8.77. The van der Waals surface area contributed by atoms with Gasteiger partial charge in [-0.3, -0.25) is 0 Å². The molecule has 0 atom stereocenters. The zero-order chi connectivity index (χ0) is 16.1. The third kappa shape index (κ3) is 3.96. The van der Waals surface area contributed by atoms with E-state index in [2.05, 4.69) is 21.4 Å². The van der Waals surface area contributed by atoms with E-state index in [9.17, 15) is 0 Å². The van der Waals surface area contributed by atoms with E-state index in [0.29, 0.717) is 16.3 Å². The van der Waals surface area contributed by atoms with Crippen molar-refractivity contribution in [2.24, 2.45) is 0 Å². The Hall–Kier alpha value is -3.10. The van der Waals surface area contributed by atoms with Crippen molar-refractivity contribution in [3.63, 3.8) is 0 Å². The van der Waals surface area contributed by atoms with Crippen molar-refractivity contribution in [2.45, 2.75) is 0 Å². The summed E-state index contributed by atoms with van der Waals surface area (Å²) in [4.78, 5) is 8.29. The van der Waals surface area contributed by atoms with Crippen LogP contribution in [0.1, 0.15) is 5.56 Å². The summed E-state index contributed by atoms with van der Waals surface area (Å²) in [5.41, 5.74) is 2.18. The van der Waals surface area contributed by atoms with Gasteiger partial charge >= 0.3 is 6.01 Å². The van der Waals surface area contributed by atoms with Crippen LogP contribution in [-0.4, -0.2) is 9.97 Å². The lowest BCUT2D eigenvalue weighted by Crippen LogP contribution is -1.95. The molecule has 0 bridgehead atoms. The molecule has 1 N–H and O–H groups in total. The van der Waals surface area contributed by atoms with E-state index in [-0.39, 0.29) is 6.01 Å². The molecule has 1 heterocycles. The van der Waals surface area contributed by atoms with Gasteiger partial charge in [-0.2, -0.15) is 5.26 Å². The molecule has 0 radical (unpaired) electrons. The molecule has 0 spiro atoms. The predicted octanol–water partition coefficient (Wildman–Crippen LogP) is 4.54. The summed E-state index contributed by atoms with van der Waals surface area (Å²) in [6, 6.07) is 16.4. The Morgan fingerprint density at radius 2 is 1.57 bits per heavy atom. The first kappa shape index (κ1) is 14.8. The molecule has 6 heteroatoms. The van der Waals surface area contributed by atoms with Crippen LogP contribution in [0.5, 0.6) is 11.8 Å². The van der Waals surface area contributed by atoms with Crippen LogP contribution in [-0.2, 0) is 0 Å². The first-order valence-corrected chi connectivity index (χ1v) is 7.13. The molecule has 1 aromatic heterocycles. The number of ether oxygens (including phenoxy) is 1. The van der Waals surface area contributed by atoms with Gasteiger partial charge in [-0.15, -0.1) is 0 Å². The fraction of sp³-hybridized carbons (Fsp3) is 0. The highest BCUT2D eigenvalue weighted by atomic mass is 35.5. The van der Waals surface area contributed by atoms with Crippen LogP contribution in [0.4, 0.5) is 11.4 Å². The van der Waals surface area contributed by atoms with Gasteiger partial charge in [0.2, 0.25) is 0 Å². The van der Waals surface area contributed by atoms with E-state index in [4.69, 9.17) is 21.6 Å². The number of benzene rings is 2. The highest BCUT2D eigenvalue weighted by Crippen LogP contribution is 2.21. The summed E-state index contributed by atoms with van der Waals surface area (Å²) in [5.74, 6) is 0.613. The number of hydrogen-bond acceptors (Lipinski definition) is 5. The van der Waals surface area contributed by atoms with E-state index in [1.807, 2.05) is 12.1 Å². The average molecular weight is 323 g/mol. The number of rotatable bonds is 4. The third-order valence-electron chi connectivity index (χ3n) is 2.95. The van der Waals surface area contributed by atoms with Crippen molar-refractivity contribution in [2.75, 3.05) is 5.32 Å². The first-order chi connectivity index (χ1) is 11.2. The van der Waals surface area contributed by atoms with Crippen LogP contribution >= 0.6 is 11.6 Å². The molecule has 23 heavy (non-hydrogen) atoms. The highest BCUT2D eigenvalue weighted by Gasteiger charge is 2.02. The molecule has 5 nitrogen and oxygen atoms in total. The lowest BCUT2D eigenvalue weighted by atomic mass is 10.2. The third-order valence-corrected chi connectivity index (χ3v) is 3.21. The van der Waals surface area contributed by atoms with Gasteiger partial charge in [-0.05, 0) is 48.5 Å².